The van der Waals surface area contributed by atoms with Gasteiger partial charge in [-0.1, -0.05) is 19.8 Å². The average molecular weight is 292 g/mol. The summed E-state index contributed by atoms with van der Waals surface area (Å²) in [5.41, 5.74) is 5.84. The smallest absolute Gasteiger partial charge is 0.00489 e. The monoisotopic (exact) mass is 291 g/mol. The molecule has 122 valence electrons. The van der Waals surface area contributed by atoms with Crippen molar-refractivity contribution >= 4 is 0 Å². The summed E-state index contributed by atoms with van der Waals surface area (Å²) in [7, 11) is 0. The fraction of sp³-hybridized carbons (Fsp3) is 1.00. The van der Waals surface area contributed by atoms with E-state index < -0.39 is 0 Å². The Labute approximate surface area is 132 Å². The van der Waals surface area contributed by atoms with E-state index in [2.05, 4.69) is 6.92 Å². The van der Waals surface area contributed by atoms with Gasteiger partial charge in [-0.2, -0.15) is 0 Å². The second-order valence-corrected chi connectivity index (χ2v) is 8.71. The van der Waals surface area contributed by atoms with E-state index in [-0.39, 0.29) is 0 Å². The summed E-state index contributed by atoms with van der Waals surface area (Å²) in [5.74, 6) is 6.17. The van der Waals surface area contributed by atoms with Crippen molar-refractivity contribution in [1.82, 2.24) is 0 Å². The van der Waals surface area contributed by atoms with Gasteiger partial charge in [0.1, 0.15) is 0 Å². The lowest BCUT2D eigenvalue weighted by Crippen LogP contribution is -2.30. The molecule has 0 spiro atoms. The van der Waals surface area contributed by atoms with Crippen LogP contribution in [0, 0.1) is 35.5 Å². The third-order valence-corrected chi connectivity index (χ3v) is 7.44. The third kappa shape index (κ3) is 4.03. The molecular weight excluding hydrogens is 254 g/mol. The molecule has 0 aromatic carbocycles. The molecule has 0 aromatic rings. The van der Waals surface area contributed by atoms with Crippen molar-refractivity contribution in [2.75, 3.05) is 6.54 Å². The number of hydrogen-bond donors (Lipinski definition) is 1. The molecule has 0 saturated heterocycles. The highest BCUT2D eigenvalue weighted by Gasteiger charge is 2.33. The van der Waals surface area contributed by atoms with Gasteiger partial charge in [0.15, 0.2) is 0 Å². The van der Waals surface area contributed by atoms with Gasteiger partial charge >= 0.3 is 0 Å². The number of nitrogens with two attached hydrogens (primary N) is 1. The Morgan fingerprint density at radius 3 is 1.29 bits per heavy atom. The van der Waals surface area contributed by atoms with Crippen LogP contribution in [-0.2, 0) is 0 Å². The molecule has 21 heavy (non-hydrogen) atoms. The van der Waals surface area contributed by atoms with Gasteiger partial charge in [0.05, 0.1) is 0 Å². The van der Waals surface area contributed by atoms with Gasteiger partial charge in [-0.15, -0.1) is 0 Å². The largest absolute Gasteiger partial charge is 0.330 e. The Hall–Kier alpha value is -0.0400. The lowest BCUT2D eigenvalue weighted by molar-refractivity contribution is 0.107. The second kappa shape index (κ2) is 7.49. The van der Waals surface area contributed by atoms with Gasteiger partial charge in [0, 0.05) is 0 Å². The van der Waals surface area contributed by atoms with Crippen LogP contribution in [0.3, 0.4) is 0 Å². The molecule has 1 heteroatoms. The van der Waals surface area contributed by atoms with Crippen LogP contribution in [0.1, 0.15) is 84.0 Å². The second-order valence-electron chi connectivity index (χ2n) is 8.71. The van der Waals surface area contributed by atoms with Gasteiger partial charge in [-0.25, -0.2) is 0 Å². The van der Waals surface area contributed by atoms with E-state index >= 15 is 0 Å². The van der Waals surface area contributed by atoms with Gasteiger partial charge in [0.2, 0.25) is 0 Å². The molecular formula is C20H37N. The number of hydrogen-bond acceptors (Lipinski definition) is 1. The molecule has 1 nitrogen and oxygen atoms in total. The van der Waals surface area contributed by atoms with Crippen molar-refractivity contribution in [1.29, 1.82) is 0 Å². The predicted octanol–water partition coefficient (Wildman–Crippen LogP) is 5.38. The first-order valence-electron chi connectivity index (χ1n) is 9.96. The topological polar surface area (TPSA) is 26.0 Å². The minimum Gasteiger partial charge on any atom is -0.330 e. The van der Waals surface area contributed by atoms with E-state index in [0.29, 0.717) is 0 Å². The molecule has 3 aliphatic carbocycles. The Balaban J connectivity index is 1.41. The predicted molar refractivity (Wildman–Crippen MR) is 91.1 cm³/mol. The third-order valence-electron chi connectivity index (χ3n) is 7.44. The van der Waals surface area contributed by atoms with E-state index in [9.17, 15) is 0 Å². The zero-order chi connectivity index (χ0) is 14.7. The summed E-state index contributed by atoms with van der Waals surface area (Å²) in [4.78, 5) is 0. The normalized spacial score (nSPS) is 45.4. The number of rotatable bonds is 3. The first kappa shape index (κ1) is 15.8. The molecule has 3 rings (SSSR count). The summed E-state index contributed by atoms with van der Waals surface area (Å²) in [6.07, 6.45) is 18.1. The van der Waals surface area contributed by atoms with Crippen LogP contribution in [0.5, 0.6) is 0 Å². The summed E-state index contributed by atoms with van der Waals surface area (Å²) in [6.45, 7) is 3.38. The Kier molecular flexibility index (Phi) is 5.65. The molecule has 3 aliphatic rings. The summed E-state index contributed by atoms with van der Waals surface area (Å²) in [5, 5.41) is 0. The minimum atomic E-state index is 0.849. The van der Waals surface area contributed by atoms with Crippen LogP contribution in [0.15, 0.2) is 0 Å². The van der Waals surface area contributed by atoms with Crippen LogP contribution in [0.2, 0.25) is 0 Å². The Morgan fingerprint density at radius 1 is 0.571 bits per heavy atom. The lowest BCUT2D eigenvalue weighted by Gasteiger charge is -2.41. The summed E-state index contributed by atoms with van der Waals surface area (Å²) in [6, 6.07) is 0. The molecule has 0 radical (unpaired) electrons. The maximum atomic E-state index is 5.84. The standard InChI is InChI=1S/C20H37N/c1-15-2-6-17(7-3-15)19-10-12-20(13-11-19)18-8-4-16(14-21)5-9-18/h15-20H,2-14,21H2,1H3. The Morgan fingerprint density at radius 2 is 0.905 bits per heavy atom. The quantitative estimate of drug-likeness (QED) is 0.742. The fourth-order valence-corrected chi connectivity index (χ4v) is 5.74. The first-order chi connectivity index (χ1) is 10.3. The van der Waals surface area contributed by atoms with Crippen molar-refractivity contribution in [3.05, 3.63) is 0 Å². The van der Waals surface area contributed by atoms with Crippen LogP contribution < -0.4 is 5.73 Å². The zero-order valence-corrected chi connectivity index (χ0v) is 14.2. The van der Waals surface area contributed by atoms with Crippen LogP contribution >= 0.6 is 0 Å². The van der Waals surface area contributed by atoms with Crippen LogP contribution in [-0.4, -0.2) is 6.54 Å². The van der Waals surface area contributed by atoms with Crippen molar-refractivity contribution in [2.45, 2.75) is 84.0 Å². The molecule has 3 fully saturated rings. The molecule has 0 amide bonds. The average Bonchev–Trinajstić information content (AvgIpc) is 2.56. The molecule has 0 unspecified atom stereocenters. The first-order valence-corrected chi connectivity index (χ1v) is 9.96. The van der Waals surface area contributed by atoms with Gasteiger partial charge in [0.25, 0.3) is 0 Å². The Bertz CT molecular complexity index is 289. The van der Waals surface area contributed by atoms with E-state index in [1.165, 1.54) is 51.4 Å². The SMILES string of the molecule is CC1CCC(C2CCC(C3CCC(CN)CC3)CC2)CC1. The highest BCUT2D eigenvalue weighted by molar-refractivity contribution is 4.85. The summed E-state index contributed by atoms with van der Waals surface area (Å²) >= 11 is 0. The highest BCUT2D eigenvalue weighted by Crippen LogP contribution is 2.45. The highest BCUT2D eigenvalue weighted by atomic mass is 14.6. The molecule has 0 aliphatic heterocycles. The molecule has 3 saturated carbocycles. The maximum Gasteiger partial charge on any atom is -0.00489 e. The van der Waals surface area contributed by atoms with E-state index in [1.54, 1.807) is 25.7 Å². The van der Waals surface area contributed by atoms with E-state index in [1.807, 2.05) is 0 Å². The molecule has 0 aromatic heterocycles. The summed E-state index contributed by atoms with van der Waals surface area (Å²) < 4.78 is 0. The zero-order valence-electron chi connectivity index (χ0n) is 14.2. The van der Waals surface area contributed by atoms with Crippen molar-refractivity contribution in [3.63, 3.8) is 0 Å². The molecule has 0 heterocycles. The van der Waals surface area contributed by atoms with E-state index in [4.69, 9.17) is 5.73 Å². The van der Waals surface area contributed by atoms with Gasteiger partial charge < -0.3 is 5.73 Å². The van der Waals surface area contributed by atoms with Crippen LogP contribution in [0.25, 0.3) is 0 Å². The van der Waals surface area contributed by atoms with Crippen molar-refractivity contribution in [2.24, 2.45) is 41.2 Å². The van der Waals surface area contributed by atoms with Crippen molar-refractivity contribution < 1.29 is 0 Å². The van der Waals surface area contributed by atoms with Gasteiger partial charge in [-0.3, -0.25) is 0 Å². The minimum absolute atomic E-state index is 0.849. The van der Waals surface area contributed by atoms with E-state index in [0.717, 1.165) is 42.1 Å². The fourth-order valence-electron chi connectivity index (χ4n) is 5.74. The molecule has 2 N–H and O–H groups in total. The molecule has 0 atom stereocenters. The maximum absolute atomic E-state index is 5.84. The van der Waals surface area contributed by atoms with Crippen molar-refractivity contribution in [3.8, 4) is 0 Å². The van der Waals surface area contributed by atoms with Crippen LogP contribution in [0.4, 0.5) is 0 Å². The van der Waals surface area contributed by atoms with Gasteiger partial charge in [-0.05, 0) is 106 Å². The molecule has 0 bridgehead atoms. The lowest BCUT2D eigenvalue weighted by atomic mass is 9.65.